The minimum Gasteiger partial charge on any atom is -0.352 e. The molecule has 0 spiro atoms. The molecule has 2 aromatic rings. The van der Waals surface area contributed by atoms with Crippen LogP contribution in [0.1, 0.15) is 26.3 Å². The van der Waals surface area contributed by atoms with E-state index in [0.29, 0.717) is 5.02 Å². The molecule has 0 aliphatic carbocycles. The van der Waals surface area contributed by atoms with E-state index in [1.54, 1.807) is 31.2 Å². The molecule has 7 nitrogen and oxygen atoms in total. The molecule has 0 aromatic heterocycles. The Balaban J connectivity index is 2.41. The summed E-state index contributed by atoms with van der Waals surface area (Å²) in [7, 11) is -3.87. The van der Waals surface area contributed by atoms with Gasteiger partial charge in [-0.05, 0) is 56.7 Å². The van der Waals surface area contributed by atoms with Crippen LogP contribution in [0.2, 0.25) is 15.1 Å². The summed E-state index contributed by atoms with van der Waals surface area (Å²) in [5, 5.41) is 3.76. The maximum atomic E-state index is 13.4. The number of sulfonamides is 1. The molecule has 1 unspecified atom stereocenters. The van der Waals surface area contributed by atoms with E-state index >= 15 is 0 Å². The fourth-order valence-corrected chi connectivity index (χ4v) is 4.55. The number of hydrogen-bond acceptors (Lipinski definition) is 4. The highest BCUT2D eigenvalue weighted by molar-refractivity contribution is 7.92. The lowest BCUT2D eigenvalue weighted by Crippen LogP contribution is -2.52. The second-order valence-electron chi connectivity index (χ2n) is 7.88. The lowest BCUT2D eigenvalue weighted by atomic mass is 10.1. The quantitative estimate of drug-likeness (QED) is 0.518. The van der Waals surface area contributed by atoms with Crippen LogP contribution in [-0.4, -0.2) is 50.0 Å². The third-order valence-electron chi connectivity index (χ3n) is 4.68. The molecule has 0 aliphatic heterocycles. The largest absolute Gasteiger partial charge is 0.352 e. The number of carbonyl (C=O) groups excluding carboxylic acids is 2. The Hall–Kier alpha value is -2.00. The molecular weight excluding hydrogens is 509 g/mol. The molecular formula is C22H26Cl3N3O4S. The number of halogens is 3. The van der Waals surface area contributed by atoms with Gasteiger partial charge in [-0.25, -0.2) is 8.42 Å². The Morgan fingerprint density at radius 3 is 1.97 bits per heavy atom. The van der Waals surface area contributed by atoms with Crippen molar-refractivity contribution < 1.29 is 18.0 Å². The van der Waals surface area contributed by atoms with Gasteiger partial charge in [0.2, 0.25) is 21.8 Å². The normalized spacial score (nSPS) is 12.4. The summed E-state index contributed by atoms with van der Waals surface area (Å²) >= 11 is 18.0. The highest BCUT2D eigenvalue weighted by Crippen LogP contribution is 2.27. The molecule has 1 atom stereocenters. The monoisotopic (exact) mass is 533 g/mol. The van der Waals surface area contributed by atoms with Crippen LogP contribution in [0.25, 0.3) is 0 Å². The number of anilines is 1. The summed E-state index contributed by atoms with van der Waals surface area (Å²) < 4.78 is 26.0. The molecule has 0 radical (unpaired) electrons. The summed E-state index contributed by atoms with van der Waals surface area (Å²) in [4.78, 5) is 27.4. The van der Waals surface area contributed by atoms with E-state index in [9.17, 15) is 18.0 Å². The van der Waals surface area contributed by atoms with Gasteiger partial charge >= 0.3 is 0 Å². The molecule has 0 saturated carbocycles. The van der Waals surface area contributed by atoms with Crippen molar-refractivity contribution in [2.75, 3.05) is 17.1 Å². The molecule has 0 bridgehead atoms. The van der Waals surface area contributed by atoms with Crippen molar-refractivity contribution in [1.29, 1.82) is 0 Å². The Morgan fingerprint density at radius 2 is 1.48 bits per heavy atom. The molecule has 11 heteroatoms. The lowest BCUT2D eigenvalue weighted by molar-refractivity contribution is -0.139. The average molecular weight is 535 g/mol. The summed E-state index contributed by atoms with van der Waals surface area (Å²) in [5.74, 6) is -0.929. The molecule has 0 saturated heterocycles. The Morgan fingerprint density at radius 1 is 0.939 bits per heavy atom. The van der Waals surface area contributed by atoms with E-state index in [0.717, 1.165) is 16.1 Å². The smallest absolute Gasteiger partial charge is 0.244 e. The van der Waals surface area contributed by atoms with Gasteiger partial charge in [-0.3, -0.25) is 13.9 Å². The number of carbonyl (C=O) groups is 2. The van der Waals surface area contributed by atoms with E-state index in [1.165, 1.54) is 23.1 Å². The predicted octanol–water partition coefficient (Wildman–Crippen LogP) is 4.35. The first-order chi connectivity index (χ1) is 15.3. The van der Waals surface area contributed by atoms with Crippen LogP contribution in [0.4, 0.5) is 5.69 Å². The van der Waals surface area contributed by atoms with Crippen molar-refractivity contribution in [1.82, 2.24) is 10.2 Å². The molecule has 180 valence electrons. The minimum absolute atomic E-state index is 0.0799. The molecule has 2 amide bonds. The first-order valence-corrected chi connectivity index (χ1v) is 13.0. The van der Waals surface area contributed by atoms with E-state index in [2.05, 4.69) is 5.32 Å². The third kappa shape index (κ3) is 8.07. The van der Waals surface area contributed by atoms with E-state index in [-0.39, 0.29) is 34.2 Å². The number of benzene rings is 2. The van der Waals surface area contributed by atoms with Gasteiger partial charge in [-0.2, -0.15) is 0 Å². The topological polar surface area (TPSA) is 86.8 Å². The Kier molecular flexibility index (Phi) is 9.43. The van der Waals surface area contributed by atoms with Gasteiger partial charge < -0.3 is 10.2 Å². The first kappa shape index (κ1) is 27.2. The van der Waals surface area contributed by atoms with Crippen LogP contribution in [0.3, 0.4) is 0 Å². The van der Waals surface area contributed by atoms with Gasteiger partial charge in [0, 0.05) is 27.7 Å². The van der Waals surface area contributed by atoms with Crippen LogP contribution in [0.15, 0.2) is 42.5 Å². The second kappa shape index (κ2) is 11.4. The maximum absolute atomic E-state index is 13.4. The van der Waals surface area contributed by atoms with E-state index in [1.807, 2.05) is 13.8 Å². The second-order valence-corrected chi connectivity index (χ2v) is 11.1. The highest BCUT2D eigenvalue weighted by atomic mass is 35.5. The van der Waals surface area contributed by atoms with Gasteiger partial charge in [0.15, 0.2) is 0 Å². The van der Waals surface area contributed by atoms with E-state index in [4.69, 9.17) is 34.8 Å². The number of rotatable bonds is 9. The van der Waals surface area contributed by atoms with Gasteiger partial charge in [0.1, 0.15) is 12.6 Å². The molecule has 33 heavy (non-hydrogen) atoms. The van der Waals surface area contributed by atoms with Crippen molar-refractivity contribution in [3.05, 3.63) is 63.1 Å². The van der Waals surface area contributed by atoms with Crippen molar-refractivity contribution in [3.63, 3.8) is 0 Å². The number of nitrogens with zero attached hydrogens (tertiary/aromatic N) is 2. The standard InChI is InChI=1S/C22H26Cl3N3O4S/c1-14(2)26-22(30)15(3)27(12-16-5-7-17(23)8-6-16)21(29)13-28(33(4,31)32)20-10-18(24)9-19(25)11-20/h5-11,14-15H,12-13H2,1-4H3,(H,26,30). The summed E-state index contributed by atoms with van der Waals surface area (Å²) in [6.07, 6.45) is 0.980. The zero-order valence-electron chi connectivity index (χ0n) is 18.7. The fraction of sp³-hybridized carbons (Fsp3) is 0.364. The summed E-state index contributed by atoms with van der Waals surface area (Å²) in [6.45, 7) is 4.75. The van der Waals surface area contributed by atoms with Gasteiger partial charge in [-0.15, -0.1) is 0 Å². The zero-order chi connectivity index (χ0) is 24.9. The summed E-state index contributed by atoms with van der Waals surface area (Å²) in [5.41, 5.74) is 0.878. The van der Waals surface area contributed by atoms with Gasteiger partial charge in [-0.1, -0.05) is 46.9 Å². The summed E-state index contributed by atoms with van der Waals surface area (Å²) in [6, 6.07) is 10.1. The van der Waals surface area contributed by atoms with Crippen molar-refractivity contribution in [2.45, 2.75) is 39.4 Å². The van der Waals surface area contributed by atoms with Gasteiger partial charge in [0.25, 0.3) is 0 Å². The lowest BCUT2D eigenvalue weighted by Gasteiger charge is -2.32. The number of hydrogen-bond donors (Lipinski definition) is 1. The van der Waals surface area contributed by atoms with Crippen molar-refractivity contribution in [2.24, 2.45) is 0 Å². The molecule has 1 N–H and O–H groups in total. The number of amides is 2. The molecule has 2 rings (SSSR count). The van der Waals surface area contributed by atoms with Gasteiger partial charge in [0.05, 0.1) is 11.9 Å². The van der Waals surface area contributed by atoms with Crippen LogP contribution >= 0.6 is 34.8 Å². The highest BCUT2D eigenvalue weighted by Gasteiger charge is 2.30. The Bertz CT molecular complexity index is 1090. The predicted molar refractivity (Wildman–Crippen MR) is 133 cm³/mol. The third-order valence-corrected chi connectivity index (χ3v) is 6.51. The first-order valence-electron chi connectivity index (χ1n) is 10.1. The van der Waals surface area contributed by atoms with Crippen LogP contribution in [-0.2, 0) is 26.2 Å². The molecule has 0 aliphatic rings. The molecule has 2 aromatic carbocycles. The molecule has 0 heterocycles. The van der Waals surface area contributed by atoms with Crippen molar-refractivity contribution >= 4 is 62.3 Å². The fourth-order valence-electron chi connectivity index (χ4n) is 3.07. The van der Waals surface area contributed by atoms with E-state index < -0.39 is 28.5 Å². The van der Waals surface area contributed by atoms with Crippen molar-refractivity contribution in [3.8, 4) is 0 Å². The average Bonchev–Trinajstić information content (AvgIpc) is 2.68. The SMILES string of the molecule is CC(C)NC(=O)C(C)N(Cc1ccc(Cl)cc1)C(=O)CN(c1cc(Cl)cc(Cl)c1)S(C)(=O)=O. The Labute approximate surface area is 209 Å². The zero-order valence-corrected chi connectivity index (χ0v) is 21.8. The maximum Gasteiger partial charge on any atom is 0.244 e. The van der Waals surface area contributed by atoms with Crippen LogP contribution in [0.5, 0.6) is 0 Å². The van der Waals surface area contributed by atoms with Crippen LogP contribution < -0.4 is 9.62 Å². The minimum atomic E-state index is -3.87. The van der Waals surface area contributed by atoms with Crippen LogP contribution in [0, 0.1) is 0 Å². The molecule has 0 fully saturated rings. The number of nitrogens with one attached hydrogen (secondary N) is 1.